The molecule has 1 aliphatic heterocycles. The van der Waals surface area contributed by atoms with E-state index in [0.717, 1.165) is 29.8 Å². The number of nitrogen functional groups attached to an aromatic ring is 1. The Balaban J connectivity index is 2.14. The van der Waals surface area contributed by atoms with E-state index < -0.39 is 0 Å². The standard InChI is InChI=1S/C14H20N2O2/c1-10(2)9-18-14(17)16-7-3-4-11-8-12(15)5-6-13(11)16/h5-6,8,10H,3-4,7,9,15H2,1-2H3. The number of fused-ring (bicyclic) bond motifs is 1. The Morgan fingerprint density at radius 2 is 2.28 bits per heavy atom. The van der Waals surface area contributed by atoms with Gasteiger partial charge in [-0.3, -0.25) is 4.90 Å². The summed E-state index contributed by atoms with van der Waals surface area (Å²) in [5.41, 5.74) is 8.57. The molecule has 18 heavy (non-hydrogen) atoms. The predicted molar refractivity (Wildman–Crippen MR) is 72.7 cm³/mol. The summed E-state index contributed by atoms with van der Waals surface area (Å²) in [5.74, 6) is 0.352. The molecule has 1 amide bonds. The van der Waals surface area contributed by atoms with Crippen molar-refractivity contribution < 1.29 is 9.53 Å². The van der Waals surface area contributed by atoms with Crippen molar-refractivity contribution in [3.63, 3.8) is 0 Å². The van der Waals surface area contributed by atoms with Crippen LogP contribution in [0.25, 0.3) is 0 Å². The monoisotopic (exact) mass is 248 g/mol. The number of amides is 1. The molecule has 0 bridgehead atoms. The highest BCUT2D eigenvalue weighted by molar-refractivity contribution is 5.89. The van der Waals surface area contributed by atoms with E-state index in [2.05, 4.69) is 0 Å². The summed E-state index contributed by atoms with van der Waals surface area (Å²) in [6.07, 6.45) is 1.66. The maximum absolute atomic E-state index is 12.0. The Morgan fingerprint density at radius 3 is 3.00 bits per heavy atom. The van der Waals surface area contributed by atoms with Gasteiger partial charge >= 0.3 is 6.09 Å². The second-order valence-electron chi connectivity index (χ2n) is 5.11. The first-order valence-corrected chi connectivity index (χ1v) is 6.40. The van der Waals surface area contributed by atoms with Gasteiger partial charge in [0.05, 0.1) is 12.3 Å². The molecule has 1 aliphatic rings. The van der Waals surface area contributed by atoms with Gasteiger partial charge in [-0.1, -0.05) is 13.8 Å². The van der Waals surface area contributed by atoms with Crippen LogP contribution in [-0.2, 0) is 11.2 Å². The van der Waals surface area contributed by atoms with E-state index in [9.17, 15) is 4.79 Å². The molecule has 0 spiro atoms. The third-order valence-electron chi connectivity index (χ3n) is 2.98. The highest BCUT2D eigenvalue weighted by atomic mass is 16.6. The maximum atomic E-state index is 12.0. The highest BCUT2D eigenvalue weighted by Gasteiger charge is 2.23. The lowest BCUT2D eigenvalue weighted by atomic mass is 10.0. The first-order valence-electron chi connectivity index (χ1n) is 6.40. The zero-order chi connectivity index (χ0) is 13.1. The first kappa shape index (κ1) is 12.7. The smallest absolute Gasteiger partial charge is 0.414 e. The molecule has 2 rings (SSSR count). The number of carbonyl (C=O) groups excluding carboxylic acids is 1. The minimum atomic E-state index is -0.255. The van der Waals surface area contributed by atoms with Gasteiger partial charge in [-0.2, -0.15) is 0 Å². The number of carbonyl (C=O) groups is 1. The number of anilines is 2. The number of aryl methyl sites for hydroxylation is 1. The summed E-state index contributed by atoms with van der Waals surface area (Å²) in [4.78, 5) is 13.7. The second-order valence-corrected chi connectivity index (χ2v) is 5.11. The molecule has 2 N–H and O–H groups in total. The van der Waals surface area contributed by atoms with E-state index in [1.165, 1.54) is 0 Å². The van der Waals surface area contributed by atoms with E-state index in [1.54, 1.807) is 4.90 Å². The van der Waals surface area contributed by atoms with Crippen LogP contribution in [-0.4, -0.2) is 19.2 Å². The molecule has 0 saturated heterocycles. The van der Waals surface area contributed by atoms with Crippen LogP contribution in [0, 0.1) is 5.92 Å². The molecule has 0 unspecified atom stereocenters. The lowest BCUT2D eigenvalue weighted by Gasteiger charge is -2.29. The fraction of sp³-hybridized carbons (Fsp3) is 0.500. The highest BCUT2D eigenvalue weighted by Crippen LogP contribution is 2.29. The summed E-state index contributed by atoms with van der Waals surface area (Å²) >= 11 is 0. The lowest BCUT2D eigenvalue weighted by Crippen LogP contribution is -2.36. The van der Waals surface area contributed by atoms with E-state index in [4.69, 9.17) is 10.5 Å². The number of nitrogens with two attached hydrogens (primary N) is 1. The summed E-state index contributed by atoms with van der Waals surface area (Å²) in [5, 5.41) is 0. The molecule has 0 atom stereocenters. The molecule has 0 saturated carbocycles. The molecule has 1 aromatic rings. The van der Waals surface area contributed by atoms with Crippen molar-refractivity contribution in [3.8, 4) is 0 Å². The lowest BCUT2D eigenvalue weighted by molar-refractivity contribution is 0.139. The first-order chi connectivity index (χ1) is 8.58. The number of hydrogen-bond donors (Lipinski definition) is 1. The summed E-state index contributed by atoms with van der Waals surface area (Å²) in [6.45, 7) is 5.23. The molecular weight excluding hydrogens is 228 g/mol. The average Bonchev–Trinajstić information content (AvgIpc) is 2.34. The molecule has 0 aliphatic carbocycles. The van der Waals surface area contributed by atoms with E-state index in [1.807, 2.05) is 32.0 Å². The molecule has 0 radical (unpaired) electrons. The van der Waals surface area contributed by atoms with Crippen LogP contribution in [0.4, 0.5) is 16.2 Å². The number of rotatable bonds is 2. The number of hydrogen-bond acceptors (Lipinski definition) is 3. The summed E-state index contributed by atoms with van der Waals surface area (Å²) in [7, 11) is 0. The largest absolute Gasteiger partial charge is 0.449 e. The van der Waals surface area contributed by atoms with Crippen molar-refractivity contribution in [2.75, 3.05) is 23.8 Å². The quantitative estimate of drug-likeness (QED) is 0.819. The molecule has 4 heteroatoms. The van der Waals surface area contributed by atoms with E-state index in [-0.39, 0.29) is 6.09 Å². The van der Waals surface area contributed by atoms with Crippen molar-refractivity contribution in [3.05, 3.63) is 23.8 Å². The van der Waals surface area contributed by atoms with Crippen molar-refractivity contribution in [1.82, 2.24) is 0 Å². The molecule has 1 aromatic carbocycles. The fourth-order valence-corrected chi connectivity index (χ4v) is 2.12. The summed E-state index contributed by atoms with van der Waals surface area (Å²) < 4.78 is 5.29. The fourth-order valence-electron chi connectivity index (χ4n) is 2.12. The van der Waals surface area contributed by atoms with Gasteiger partial charge in [0.1, 0.15) is 0 Å². The molecule has 0 aromatic heterocycles. The van der Waals surface area contributed by atoms with E-state index in [0.29, 0.717) is 19.1 Å². The van der Waals surface area contributed by atoms with Gasteiger partial charge in [0.15, 0.2) is 0 Å². The average molecular weight is 248 g/mol. The molecule has 98 valence electrons. The zero-order valence-corrected chi connectivity index (χ0v) is 11.0. The Hall–Kier alpha value is -1.71. The summed E-state index contributed by atoms with van der Waals surface area (Å²) in [6, 6.07) is 5.67. The van der Waals surface area contributed by atoms with Crippen LogP contribution < -0.4 is 10.6 Å². The normalized spacial score (nSPS) is 14.5. The van der Waals surface area contributed by atoms with Gasteiger partial charge in [0.25, 0.3) is 0 Å². The third kappa shape index (κ3) is 2.75. The Labute approximate surface area is 108 Å². The third-order valence-corrected chi connectivity index (χ3v) is 2.98. The minimum absolute atomic E-state index is 0.255. The van der Waals surface area contributed by atoms with Gasteiger partial charge in [-0.15, -0.1) is 0 Å². The van der Waals surface area contributed by atoms with Gasteiger partial charge in [-0.25, -0.2) is 4.79 Å². The number of nitrogens with zero attached hydrogens (tertiary/aromatic N) is 1. The van der Waals surface area contributed by atoms with Crippen LogP contribution in [0.15, 0.2) is 18.2 Å². The van der Waals surface area contributed by atoms with Crippen molar-refractivity contribution >= 4 is 17.5 Å². The predicted octanol–water partition coefficient (Wildman–Crippen LogP) is 2.81. The van der Waals surface area contributed by atoms with Crippen molar-refractivity contribution in [1.29, 1.82) is 0 Å². The van der Waals surface area contributed by atoms with Crippen LogP contribution >= 0.6 is 0 Å². The molecule has 4 nitrogen and oxygen atoms in total. The van der Waals surface area contributed by atoms with Crippen LogP contribution in [0.2, 0.25) is 0 Å². The minimum Gasteiger partial charge on any atom is -0.449 e. The zero-order valence-electron chi connectivity index (χ0n) is 11.0. The molecule has 1 heterocycles. The van der Waals surface area contributed by atoms with Crippen LogP contribution in [0.1, 0.15) is 25.8 Å². The SMILES string of the molecule is CC(C)COC(=O)N1CCCc2cc(N)ccc21. The topological polar surface area (TPSA) is 55.6 Å². The van der Waals surface area contributed by atoms with Gasteiger partial charge < -0.3 is 10.5 Å². The maximum Gasteiger partial charge on any atom is 0.414 e. The molecule has 0 fully saturated rings. The van der Waals surface area contributed by atoms with Crippen LogP contribution in [0.5, 0.6) is 0 Å². The number of ether oxygens (including phenoxy) is 1. The number of benzene rings is 1. The van der Waals surface area contributed by atoms with E-state index >= 15 is 0 Å². The van der Waals surface area contributed by atoms with Gasteiger partial charge in [-0.05, 0) is 42.5 Å². The Bertz CT molecular complexity index is 443. The van der Waals surface area contributed by atoms with Crippen molar-refractivity contribution in [2.24, 2.45) is 5.92 Å². The van der Waals surface area contributed by atoms with Gasteiger partial charge in [0, 0.05) is 12.2 Å². The van der Waals surface area contributed by atoms with Crippen molar-refractivity contribution in [2.45, 2.75) is 26.7 Å². The Kier molecular flexibility index (Phi) is 3.75. The van der Waals surface area contributed by atoms with Gasteiger partial charge in [0.2, 0.25) is 0 Å². The van der Waals surface area contributed by atoms with Crippen LogP contribution in [0.3, 0.4) is 0 Å². The molecular formula is C14H20N2O2. The Morgan fingerprint density at radius 1 is 1.50 bits per heavy atom. The second kappa shape index (κ2) is 5.29.